The van der Waals surface area contributed by atoms with Gasteiger partial charge in [0.05, 0.1) is 25.0 Å². The van der Waals surface area contributed by atoms with Crippen molar-refractivity contribution in [1.82, 2.24) is 14.8 Å². The lowest BCUT2D eigenvalue weighted by molar-refractivity contribution is -0.173. The minimum Gasteiger partial charge on any atom is -0.497 e. The first-order chi connectivity index (χ1) is 14.3. The number of nitrogens with zero attached hydrogens (tertiary/aromatic N) is 3. The van der Waals surface area contributed by atoms with Crippen molar-refractivity contribution >= 4 is 17.4 Å². The molecule has 2 atom stereocenters. The maximum absolute atomic E-state index is 13.8. The van der Waals surface area contributed by atoms with Gasteiger partial charge in [0, 0.05) is 18.7 Å². The van der Waals surface area contributed by atoms with Crippen LogP contribution in [0.25, 0.3) is 0 Å². The van der Waals surface area contributed by atoms with Crippen molar-refractivity contribution in [1.29, 1.82) is 0 Å². The average Bonchev–Trinajstić information content (AvgIpc) is 3.17. The number of rotatable bonds is 4. The Kier molecular flexibility index (Phi) is 5.06. The highest BCUT2D eigenvalue weighted by atomic mass is 19.4. The number of carbonyl (C=O) groups is 1. The smallest absolute Gasteiger partial charge is 0.410 e. The molecule has 2 N–H and O–H groups in total. The van der Waals surface area contributed by atoms with Crippen LogP contribution in [0.4, 0.5) is 24.7 Å². The second-order valence-corrected chi connectivity index (χ2v) is 6.82. The fourth-order valence-corrected chi connectivity index (χ4v) is 3.37. The molecule has 3 aromatic rings. The van der Waals surface area contributed by atoms with Crippen molar-refractivity contribution in [3.8, 4) is 5.75 Å². The van der Waals surface area contributed by atoms with E-state index in [1.807, 2.05) is 0 Å². The third kappa shape index (κ3) is 3.93. The molecule has 10 heteroatoms. The van der Waals surface area contributed by atoms with Crippen molar-refractivity contribution in [3.05, 3.63) is 66.1 Å². The van der Waals surface area contributed by atoms with Crippen molar-refractivity contribution in [3.63, 3.8) is 0 Å². The molecule has 0 fully saturated rings. The van der Waals surface area contributed by atoms with E-state index in [4.69, 9.17) is 4.74 Å². The zero-order valence-electron chi connectivity index (χ0n) is 15.8. The second kappa shape index (κ2) is 7.69. The zero-order valence-corrected chi connectivity index (χ0v) is 15.8. The Balaban J connectivity index is 1.63. The number of fused-ring (bicyclic) bond motifs is 1. The number of amides is 1. The maximum Gasteiger partial charge on any atom is 0.410 e. The molecule has 4 rings (SSSR count). The predicted octanol–water partition coefficient (Wildman–Crippen LogP) is 4.20. The number of aromatic nitrogens is 3. The molecule has 7 nitrogen and oxygen atoms in total. The number of hydrogen-bond donors (Lipinski definition) is 2. The van der Waals surface area contributed by atoms with Crippen molar-refractivity contribution < 1.29 is 22.7 Å². The summed E-state index contributed by atoms with van der Waals surface area (Å²) in [5, 5.41) is 9.57. The molecular formula is C20H18F3N5O2. The van der Waals surface area contributed by atoms with Crippen LogP contribution in [0.5, 0.6) is 5.75 Å². The molecule has 156 valence electrons. The summed E-state index contributed by atoms with van der Waals surface area (Å²) in [6, 6.07) is 8.93. The molecule has 0 spiro atoms. The summed E-state index contributed by atoms with van der Waals surface area (Å²) in [5.41, 5.74) is 0.981. The number of nitrogens with one attached hydrogen (secondary N) is 2. The first kappa shape index (κ1) is 19.7. The van der Waals surface area contributed by atoms with Crippen LogP contribution >= 0.6 is 0 Å². The Hall–Kier alpha value is -3.56. The van der Waals surface area contributed by atoms with Gasteiger partial charge in [-0.2, -0.15) is 18.3 Å². The van der Waals surface area contributed by atoms with Gasteiger partial charge >= 0.3 is 6.18 Å². The quantitative estimate of drug-likeness (QED) is 0.665. The Morgan fingerprint density at radius 1 is 1.27 bits per heavy atom. The zero-order chi connectivity index (χ0) is 21.3. The van der Waals surface area contributed by atoms with Gasteiger partial charge in [0.25, 0.3) is 5.91 Å². The Labute approximate surface area is 169 Å². The topological polar surface area (TPSA) is 81.1 Å². The van der Waals surface area contributed by atoms with Gasteiger partial charge in [-0.1, -0.05) is 12.1 Å². The molecule has 1 aliphatic heterocycles. The van der Waals surface area contributed by atoms with Gasteiger partial charge in [-0.25, -0.2) is 4.68 Å². The summed E-state index contributed by atoms with van der Waals surface area (Å²) in [6.45, 7) is 0. The normalized spacial score (nSPS) is 18.3. The summed E-state index contributed by atoms with van der Waals surface area (Å²) in [5.74, 6) is 0.121. The van der Waals surface area contributed by atoms with Crippen LogP contribution in [0.15, 0.2) is 54.9 Å². The summed E-state index contributed by atoms with van der Waals surface area (Å²) < 4.78 is 47.2. The van der Waals surface area contributed by atoms with E-state index in [0.29, 0.717) is 17.0 Å². The molecule has 0 unspecified atom stereocenters. The highest BCUT2D eigenvalue weighted by Gasteiger charge is 2.46. The molecule has 0 aliphatic carbocycles. The van der Waals surface area contributed by atoms with Crippen molar-refractivity contribution in [2.24, 2.45) is 0 Å². The van der Waals surface area contributed by atoms with E-state index < -0.39 is 24.2 Å². The largest absolute Gasteiger partial charge is 0.497 e. The van der Waals surface area contributed by atoms with Crippen LogP contribution in [0, 0.1) is 0 Å². The Morgan fingerprint density at radius 2 is 2.03 bits per heavy atom. The average molecular weight is 417 g/mol. The number of halogens is 3. The SMILES string of the molecule is COc1ccc([C@@H]2C[C@@H](C(F)(F)F)n3nc(C(=O)Nc4cccnc4)cc3N2)cc1. The number of anilines is 2. The predicted molar refractivity (Wildman–Crippen MR) is 103 cm³/mol. The van der Waals surface area contributed by atoms with E-state index in [9.17, 15) is 18.0 Å². The summed E-state index contributed by atoms with van der Waals surface area (Å²) in [6.07, 6.45) is -1.80. The maximum atomic E-state index is 13.8. The van der Waals surface area contributed by atoms with Crippen LogP contribution in [0.1, 0.15) is 34.6 Å². The molecular weight excluding hydrogens is 399 g/mol. The highest BCUT2D eigenvalue weighted by molar-refractivity contribution is 6.03. The fourth-order valence-electron chi connectivity index (χ4n) is 3.37. The van der Waals surface area contributed by atoms with E-state index >= 15 is 0 Å². The van der Waals surface area contributed by atoms with Crippen LogP contribution in [0.3, 0.4) is 0 Å². The highest BCUT2D eigenvalue weighted by Crippen LogP contribution is 2.43. The second-order valence-electron chi connectivity index (χ2n) is 6.82. The lowest BCUT2D eigenvalue weighted by Gasteiger charge is -2.33. The van der Waals surface area contributed by atoms with E-state index in [2.05, 4.69) is 20.7 Å². The van der Waals surface area contributed by atoms with E-state index in [-0.39, 0.29) is 17.9 Å². The number of carbonyl (C=O) groups excluding carboxylic acids is 1. The third-order valence-corrected chi connectivity index (χ3v) is 4.86. The molecule has 1 aliphatic rings. The third-order valence-electron chi connectivity index (χ3n) is 4.86. The fraction of sp³-hybridized carbons (Fsp3) is 0.250. The van der Waals surface area contributed by atoms with Gasteiger partial charge < -0.3 is 15.4 Å². The molecule has 1 amide bonds. The van der Waals surface area contributed by atoms with Crippen LogP contribution in [0.2, 0.25) is 0 Å². The molecule has 0 saturated carbocycles. The molecule has 3 heterocycles. The lowest BCUT2D eigenvalue weighted by Crippen LogP contribution is -2.35. The summed E-state index contributed by atoms with van der Waals surface area (Å²) in [7, 11) is 1.52. The number of alkyl halides is 3. The summed E-state index contributed by atoms with van der Waals surface area (Å²) in [4.78, 5) is 16.4. The van der Waals surface area contributed by atoms with Crippen molar-refractivity contribution in [2.45, 2.75) is 24.7 Å². The van der Waals surface area contributed by atoms with Gasteiger partial charge in [-0.15, -0.1) is 0 Å². The molecule has 1 aromatic carbocycles. The van der Waals surface area contributed by atoms with E-state index in [0.717, 1.165) is 4.68 Å². The van der Waals surface area contributed by atoms with Crippen LogP contribution in [-0.4, -0.2) is 34.0 Å². The molecule has 30 heavy (non-hydrogen) atoms. The number of methoxy groups -OCH3 is 1. The number of pyridine rings is 1. The molecule has 0 bridgehead atoms. The minimum absolute atomic E-state index is 0.119. The first-order valence-electron chi connectivity index (χ1n) is 9.13. The Morgan fingerprint density at radius 3 is 2.67 bits per heavy atom. The number of ether oxygens (including phenoxy) is 1. The molecule has 0 saturated heterocycles. The van der Waals surface area contributed by atoms with Crippen molar-refractivity contribution in [2.75, 3.05) is 17.7 Å². The Bertz CT molecular complexity index is 1030. The van der Waals surface area contributed by atoms with Crippen LogP contribution < -0.4 is 15.4 Å². The first-order valence-corrected chi connectivity index (χ1v) is 9.13. The lowest BCUT2D eigenvalue weighted by atomic mass is 9.97. The monoisotopic (exact) mass is 417 g/mol. The van der Waals surface area contributed by atoms with Gasteiger partial charge in [0.2, 0.25) is 0 Å². The molecule has 2 aromatic heterocycles. The minimum atomic E-state index is -4.52. The number of hydrogen-bond acceptors (Lipinski definition) is 5. The van der Waals surface area contributed by atoms with E-state index in [1.165, 1.54) is 19.4 Å². The van der Waals surface area contributed by atoms with Gasteiger partial charge in [0.15, 0.2) is 11.7 Å². The summed E-state index contributed by atoms with van der Waals surface area (Å²) >= 11 is 0. The van der Waals surface area contributed by atoms with Gasteiger partial charge in [-0.3, -0.25) is 9.78 Å². The van der Waals surface area contributed by atoms with Gasteiger partial charge in [0.1, 0.15) is 11.6 Å². The van der Waals surface area contributed by atoms with Crippen LogP contribution in [-0.2, 0) is 0 Å². The molecule has 0 radical (unpaired) electrons. The standard InChI is InChI=1S/C20H18F3N5O2/c1-30-14-6-4-12(5-7-14)15-9-17(20(21,22)23)28-18(26-15)10-16(27-28)19(29)25-13-3-2-8-24-11-13/h2-8,10-11,15,17,26H,9H2,1H3,(H,25,29)/t15-,17-/m0/s1. The number of benzene rings is 1. The van der Waals surface area contributed by atoms with E-state index in [1.54, 1.807) is 42.6 Å². The van der Waals surface area contributed by atoms with Gasteiger partial charge in [-0.05, 0) is 29.8 Å².